The van der Waals surface area contributed by atoms with Gasteiger partial charge in [0.2, 0.25) is 0 Å². The van der Waals surface area contributed by atoms with Crippen LogP contribution in [0.5, 0.6) is 0 Å². The van der Waals surface area contributed by atoms with Crippen molar-refractivity contribution in [1.29, 1.82) is 0 Å². The van der Waals surface area contributed by atoms with Gasteiger partial charge in [0.1, 0.15) is 0 Å². The molecular weight excluding hydrogens is 333 g/mol. The zero-order valence-corrected chi connectivity index (χ0v) is 11.4. The summed E-state index contributed by atoms with van der Waals surface area (Å²) in [4.78, 5) is 0. The summed E-state index contributed by atoms with van der Waals surface area (Å²) in [5, 5.41) is 0. The van der Waals surface area contributed by atoms with Gasteiger partial charge in [0.15, 0.2) is 0 Å². The van der Waals surface area contributed by atoms with Gasteiger partial charge in [-0.25, -0.2) is 0 Å². The van der Waals surface area contributed by atoms with Crippen LogP contribution < -0.4 is 3.27 Å². The molecule has 1 aromatic carbocycles. The second-order valence-electron chi connectivity index (χ2n) is 2.58. The molecule has 0 radical (unpaired) electrons. The van der Waals surface area contributed by atoms with Crippen LogP contribution in [0.2, 0.25) is 0 Å². The number of hydrogen-bond acceptors (Lipinski definition) is 1. The predicted molar refractivity (Wildman–Crippen MR) is 50.1 cm³/mol. The second kappa shape index (κ2) is 4.18. The molecule has 0 aliphatic rings. The van der Waals surface area contributed by atoms with Gasteiger partial charge in [0.25, 0.3) is 0 Å². The topological polar surface area (TPSA) is 9.23 Å². The molecule has 0 atom stereocenters. The van der Waals surface area contributed by atoms with Crippen molar-refractivity contribution in [2.75, 3.05) is 7.11 Å². The van der Waals surface area contributed by atoms with Gasteiger partial charge in [0.05, 0.1) is 0 Å². The van der Waals surface area contributed by atoms with Gasteiger partial charge in [0, 0.05) is 0 Å². The summed E-state index contributed by atoms with van der Waals surface area (Å²) in [6.07, 6.45) is 0. The monoisotopic (exact) mass is 346 g/mol. The molecule has 0 amide bonds. The summed E-state index contributed by atoms with van der Waals surface area (Å²) in [6.45, 7) is 2.90. The van der Waals surface area contributed by atoms with Crippen molar-refractivity contribution in [2.45, 2.75) is 13.5 Å². The molecule has 0 spiro atoms. The molecule has 0 saturated heterocycles. The van der Waals surface area contributed by atoms with Crippen LogP contribution in [-0.2, 0) is 11.3 Å². The van der Waals surface area contributed by atoms with Crippen molar-refractivity contribution in [1.82, 2.24) is 0 Å². The van der Waals surface area contributed by atoms with Crippen LogP contribution in [-0.4, -0.2) is 31.8 Å². The average Bonchev–Trinajstić information content (AvgIpc) is 1.97. The van der Waals surface area contributed by atoms with Crippen LogP contribution in [0.1, 0.15) is 11.1 Å². The van der Waals surface area contributed by atoms with E-state index in [1.165, 1.54) is 14.4 Å². The number of aryl methyl sites for hydroxylation is 1. The minimum atomic E-state index is 0.762. The fraction of sp³-hybridized carbons (Fsp3) is 0.333. The predicted octanol–water partition coefficient (Wildman–Crippen LogP) is 0.400. The molecule has 0 aliphatic carbocycles. The first kappa shape index (κ1) is 9.15. The Hall–Kier alpha value is 0.0631. The molecule has 1 aromatic rings. The molecule has 0 aliphatic heterocycles. The molecule has 1 nitrogen and oxygen atoms in total. The molecule has 0 aromatic heterocycles. The average molecular weight is 346 g/mol. The van der Waals surface area contributed by atoms with E-state index >= 15 is 0 Å². The first-order valence-corrected chi connectivity index (χ1v) is 5.83. The van der Waals surface area contributed by atoms with E-state index in [4.69, 9.17) is 4.74 Å². The Labute approximate surface area is 82.6 Å². The molecule has 0 bridgehead atoms. The summed E-state index contributed by atoms with van der Waals surface area (Å²) < 4.78 is 6.59. The SMILES string of the molecule is COCc1c(C)ccc[c]1[BiH2]. The summed E-state index contributed by atoms with van der Waals surface area (Å²) in [5.41, 5.74) is 2.74. The molecule has 0 saturated carbocycles. The third-order valence-corrected chi connectivity index (χ3v) is 3.84. The first-order valence-electron chi connectivity index (χ1n) is 3.58. The standard InChI is InChI=1S/C9H11O.Bi.2H/c1-8-5-3-4-6-9(8)7-10-2;;;/h3-5H,7H2,1-2H3;;;. The van der Waals surface area contributed by atoms with Gasteiger partial charge < -0.3 is 0 Å². The Bertz CT molecular complexity index is 225. The van der Waals surface area contributed by atoms with E-state index in [2.05, 4.69) is 25.1 Å². The Morgan fingerprint density at radius 3 is 2.73 bits per heavy atom. The Morgan fingerprint density at radius 1 is 1.45 bits per heavy atom. The second-order valence-corrected chi connectivity index (χ2v) is 4.99. The summed E-state index contributed by atoms with van der Waals surface area (Å²) in [7, 11) is 1.75. The Balaban J connectivity index is 3.00. The third-order valence-electron chi connectivity index (χ3n) is 1.74. The van der Waals surface area contributed by atoms with Crippen LogP contribution in [0.25, 0.3) is 0 Å². The minimum absolute atomic E-state index is 0.762. The van der Waals surface area contributed by atoms with Crippen molar-refractivity contribution in [3.63, 3.8) is 0 Å². The zero-order chi connectivity index (χ0) is 8.27. The fourth-order valence-electron chi connectivity index (χ4n) is 1.07. The van der Waals surface area contributed by atoms with E-state index in [1.807, 2.05) is 0 Å². The molecule has 1 rings (SSSR count). The molecule has 0 N–H and O–H groups in total. The number of rotatable bonds is 2. The van der Waals surface area contributed by atoms with E-state index in [1.54, 1.807) is 7.11 Å². The quantitative estimate of drug-likeness (QED) is 0.705. The molecule has 0 fully saturated rings. The number of benzene rings is 1. The van der Waals surface area contributed by atoms with Crippen LogP contribution in [0.15, 0.2) is 18.2 Å². The normalized spacial score (nSPS) is 10.1. The van der Waals surface area contributed by atoms with Gasteiger partial charge in [-0.2, -0.15) is 0 Å². The van der Waals surface area contributed by atoms with E-state index in [9.17, 15) is 0 Å². The molecule has 0 heterocycles. The Morgan fingerprint density at radius 2 is 2.18 bits per heavy atom. The zero-order valence-electron chi connectivity index (χ0n) is 6.92. The van der Waals surface area contributed by atoms with Crippen LogP contribution in [0.4, 0.5) is 0 Å². The fourth-order valence-corrected chi connectivity index (χ4v) is 2.71. The van der Waals surface area contributed by atoms with E-state index < -0.39 is 0 Å². The molecule has 11 heavy (non-hydrogen) atoms. The third kappa shape index (κ3) is 2.25. The molecule has 0 unspecified atom stereocenters. The first-order chi connectivity index (χ1) is 5.25. The summed E-state index contributed by atoms with van der Waals surface area (Å²) in [6, 6.07) is 6.44. The number of hydrogen-bond donors (Lipinski definition) is 0. The molecular formula is C9H13BiO. The van der Waals surface area contributed by atoms with Crippen LogP contribution in [0.3, 0.4) is 0 Å². The van der Waals surface area contributed by atoms with Gasteiger partial charge >= 0.3 is 82.7 Å². The van der Waals surface area contributed by atoms with Crippen LogP contribution in [0, 0.1) is 6.92 Å². The van der Waals surface area contributed by atoms with Gasteiger partial charge in [-0.15, -0.1) is 0 Å². The molecule has 2 heteroatoms. The van der Waals surface area contributed by atoms with Gasteiger partial charge in [-0.1, -0.05) is 0 Å². The van der Waals surface area contributed by atoms with Crippen molar-refractivity contribution >= 4 is 28.0 Å². The van der Waals surface area contributed by atoms with Crippen LogP contribution >= 0.6 is 0 Å². The molecule has 60 valence electrons. The van der Waals surface area contributed by atoms with Crippen molar-refractivity contribution in [2.24, 2.45) is 0 Å². The summed E-state index contributed by atoms with van der Waals surface area (Å²) in [5.74, 6) is 0. The number of ether oxygens (including phenoxy) is 1. The summed E-state index contributed by atoms with van der Waals surface area (Å²) >= 11 is 0.907. The van der Waals surface area contributed by atoms with Crippen molar-refractivity contribution < 1.29 is 4.74 Å². The van der Waals surface area contributed by atoms with Gasteiger partial charge in [-0.05, 0) is 0 Å². The maximum absolute atomic E-state index is 5.12. The van der Waals surface area contributed by atoms with Crippen molar-refractivity contribution in [3.05, 3.63) is 29.3 Å². The van der Waals surface area contributed by atoms with Gasteiger partial charge in [-0.3, -0.25) is 0 Å². The van der Waals surface area contributed by atoms with E-state index in [0.717, 1.165) is 31.3 Å². The van der Waals surface area contributed by atoms with E-state index in [0.29, 0.717) is 0 Å². The number of methoxy groups -OCH3 is 1. The van der Waals surface area contributed by atoms with E-state index in [-0.39, 0.29) is 0 Å². The maximum atomic E-state index is 5.12. The Kier molecular flexibility index (Phi) is 3.48. The van der Waals surface area contributed by atoms with Crippen molar-refractivity contribution in [3.8, 4) is 0 Å².